The summed E-state index contributed by atoms with van der Waals surface area (Å²) in [7, 11) is 1.69. The Hall–Kier alpha value is -2.44. The molecule has 2 rings (SSSR count). The summed E-state index contributed by atoms with van der Waals surface area (Å²) >= 11 is 0. The monoisotopic (exact) mass is 234 g/mol. The molecule has 0 saturated carbocycles. The summed E-state index contributed by atoms with van der Waals surface area (Å²) in [4.78, 5) is 18.4. The first-order chi connectivity index (χ1) is 8.08. The van der Waals surface area contributed by atoms with Crippen LogP contribution in [0.1, 0.15) is 16.2 Å². The number of hydrogen-bond acceptors (Lipinski definition) is 5. The average molecular weight is 234 g/mol. The Morgan fingerprint density at radius 3 is 2.71 bits per heavy atom. The highest BCUT2D eigenvalue weighted by Gasteiger charge is 2.16. The molecule has 0 aliphatic rings. The summed E-state index contributed by atoms with van der Waals surface area (Å²) in [6.07, 6.45) is 2.66. The van der Waals surface area contributed by atoms with Crippen molar-refractivity contribution in [1.29, 1.82) is 0 Å². The largest absolute Gasteiger partial charge is 0.476 e. The van der Waals surface area contributed by atoms with Crippen molar-refractivity contribution in [3.63, 3.8) is 0 Å². The Morgan fingerprint density at radius 1 is 1.41 bits per heavy atom. The zero-order valence-corrected chi connectivity index (χ0v) is 9.28. The molecule has 0 unspecified atom stereocenters. The van der Waals surface area contributed by atoms with Crippen LogP contribution in [0.25, 0.3) is 0 Å². The van der Waals surface area contributed by atoms with E-state index in [0.29, 0.717) is 5.88 Å². The Morgan fingerprint density at radius 2 is 2.12 bits per heavy atom. The first-order valence-electron chi connectivity index (χ1n) is 4.80. The van der Waals surface area contributed by atoms with Crippen LogP contribution in [-0.4, -0.2) is 30.8 Å². The average Bonchev–Trinajstić information content (AvgIpc) is 2.58. The molecule has 1 N–H and O–H groups in total. The van der Waals surface area contributed by atoms with Gasteiger partial charge in [0, 0.05) is 25.5 Å². The van der Waals surface area contributed by atoms with Crippen LogP contribution in [0.2, 0.25) is 0 Å². The van der Waals surface area contributed by atoms with Gasteiger partial charge >= 0.3 is 5.97 Å². The lowest BCUT2D eigenvalue weighted by molar-refractivity contribution is 0.0686. The molecule has 2 aromatic rings. The Kier molecular flexibility index (Phi) is 2.73. The maximum atomic E-state index is 10.9. The lowest BCUT2D eigenvalue weighted by Crippen LogP contribution is -2.06. The van der Waals surface area contributed by atoms with Crippen LogP contribution < -0.4 is 4.74 Å². The van der Waals surface area contributed by atoms with E-state index >= 15 is 0 Å². The maximum Gasteiger partial charge on any atom is 0.360 e. The van der Waals surface area contributed by atoms with E-state index in [0.717, 1.165) is 5.69 Å². The van der Waals surface area contributed by atoms with Crippen LogP contribution in [0, 0.1) is 6.92 Å². The predicted octanol–water partition coefficient (Wildman–Crippen LogP) is 1.01. The standard InChI is InChI=1S/C10H10N4O3/c1-6-5-7(14(2)13-6)17-9-8(10(15)16)11-3-4-12-9/h3-5H,1-2H3,(H,15,16). The smallest absolute Gasteiger partial charge is 0.360 e. The lowest BCUT2D eigenvalue weighted by atomic mass is 10.4. The van der Waals surface area contributed by atoms with E-state index in [9.17, 15) is 4.79 Å². The second kappa shape index (κ2) is 4.20. The molecule has 17 heavy (non-hydrogen) atoms. The fourth-order valence-electron chi connectivity index (χ4n) is 1.33. The van der Waals surface area contributed by atoms with Crippen LogP contribution in [0.4, 0.5) is 0 Å². The summed E-state index contributed by atoms with van der Waals surface area (Å²) in [5.74, 6) is -0.833. The second-order valence-electron chi connectivity index (χ2n) is 3.36. The normalized spacial score (nSPS) is 10.2. The number of aromatic carboxylic acids is 1. The minimum Gasteiger partial charge on any atom is -0.476 e. The Labute approximate surface area is 96.7 Å². The number of aromatic nitrogens is 4. The van der Waals surface area contributed by atoms with Crippen molar-refractivity contribution in [2.75, 3.05) is 0 Å². The molecule has 0 amide bonds. The molecule has 88 valence electrons. The predicted molar refractivity (Wildman–Crippen MR) is 57.0 cm³/mol. The lowest BCUT2D eigenvalue weighted by Gasteiger charge is -2.05. The number of rotatable bonds is 3. The second-order valence-corrected chi connectivity index (χ2v) is 3.36. The molecule has 0 bridgehead atoms. The summed E-state index contributed by atoms with van der Waals surface area (Å²) in [5, 5.41) is 13.0. The third-order valence-electron chi connectivity index (χ3n) is 2.03. The molecule has 0 saturated heterocycles. The van der Waals surface area contributed by atoms with Gasteiger partial charge in [-0.25, -0.2) is 19.4 Å². The van der Waals surface area contributed by atoms with Crippen molar-refractivity contribution in [3.05, 3.63) is 29.8 Å². The van der Waals surface area contributed by atoms with Gasteiger partial charge in [-0.15, -0.1) is 0 Å². The number of nitrogens with zero attached hydrogens (tertiary/aromatic N) is 4. The van der Waals surface area contributed by atoms with Crippen molar-refractivity contribution in [1.82, 2.24) is 19.7 Å². The summed E-state index contributed by atoms with van der Waals surface area (Å²) in [6, 6.07) is 1.68. The minimum absolute atomic E-state index is 0.0528. The topological polar surface area (TPSA) is 90.1 Å². The van der Waals surface area contributed by atoms with Gasteiger partial charge in [0.1, 0.15) is 0 Å². The molecule has 0 fully saturated rings. The molecule has 0 aromatic carbocycles. The molecular weight excluding hydrogens is 224 g/mol. The maximum absolute atomic E-state index is 10.9. The van der Waals surface area contributed by atoms with Gasteiger partial charge in [-0.05, 0) is 6.92 Å². The first-order valence-corrected chi connectivity index (χ1v) is 4.80. The third kappa shape index (κ3) is 2.22. The van der Waals surface area contributed by atoms with Gasteiger partial charge in [-0.2, -0.15) is 5.10 Å². The van der Waals surface area contributed by atoms with E-state index in [-0.39, 0.29) is 11.6 Å². The van der Waals surface area contributed by atoms with Gasteiger partial charge in [-0.1, -0.05) is 0 Å². The third-order valence-corrected chi connectivity index (χ3v) is 2.03. The molecule has 7 heteroatoms. The van der Waals surface area contributed by atoms with Crippen LogP contribution in [0.15, 0.2) is 18.5 Å². The van der Waals surface area contributed by atoms with Crippen molar-refractivity contribution in [2.45, 2.75) is 6.92 Å². The van der Waals surface area contributed by atoms with E-state index in [1.165, 1.54) is 17.1 Å². The summed E-state index contributed by atoms with van der Waals surface area (Å²) < 4.78 is 6.86. The van der Waals surface area contributed by atoms with Crippen molar-refractivity contribution in [2.24, 2.45) is 7.05 Å². The summed E-state index contributed by atoms with van der Waals surface area (Å²) in [6.45, 7) is 1.81. The minimum atomic E-state index is -1.19. The van der Waals surface area contributed by atoms with Crippen molar-refractivity contribution >= 4 is 5.97 Å². The Bertz CT molecular complexity index is 564. The highest BCUT2D eigenvalue weighted by atomic mass is 16.5. The highest BCUT2D eigenvalue weighted by molar-refractivity contribution is 5.87. The molecule has 2 aromatic heterocycles. The fourth-order valence-corrected chi connectivity index (χ4v) is 1.33. The number of carboxylic acids is 1. The molecular formula is C10H10N4O3. The zero-order valence-electron chi connectivity index (χ0n) is 9.28. The number of aryl methyl sites for hydroxylation is 2. The number of hydrogen-bond donors (Lipinski definition) is 1. The van der Waals surface area contributed by atoms with Gasteiger partial charge in [0.05, 0.1) is 5.69 Å². The van der Waals surface area contributed by atoms with Gasteiger partial charge in [0.25, 0.3) is 5.88 Å². The SMILES string of the molecule is Cc1cc(Oc2nccnc2C(=O)O)n(C)n1. The number of carboxylic acid groups (broad SMARTS) is 1. The van der Waals surface area contributed by atoms with Gasteiger partial charge in [-0.3, -0.25) is 0 Å². The quantitative estimate of drug-likeness (QED) is 0.852. The van der Waals surface area contributed by atoms with Gasteiger partial charge in [0.15, 0.2) is 0 Å². The molecule has 0 radical (unpaired) electrons. The molecule has 7 nitrogen and oxygen atoms in total. The first kappa shape index (κ1) is 11.1. The van der Waals surface area contributed by atoms with E-state index in [1.54, 1.807) is 13.1 Å². The van der Waals surface area contributed by atoms with Crippen LogP contribution in [0.3, 0.4) is 0 Å². The van der Waals surface area contributed by atoms with E-state index in [1.807, 2.05) is 6.92 Å². The van der Waals surface area contributed by atoms with Crippen LogP contribution in [-0.2, 0) is 7.05 Å². The van der Waals surface area contributed by atoms with E-state index in [2.05, 4.69) is 15.1 Å². The molecule has 0 aliphatic carbocycles. The molecule has 2 heterocycles. The highest BCUT2D eigenvalue weighted by Crippen LogP contribution is 2.21. The van der Waals surface area contributed by atoms with E-state index < -0.39 is 5.97 Å². The van der Waals surface area contributed by atoms with Gasteiger partial charge < -0.3 is 9.84 Å². The van der Waals surface area contributed by atoms with Crippen molar-refractivity contribution < 1.29 is 14.6 Å². The number of carbonyl (C=O) groups is 1. The molecule has 0 aliphatic heterocycles. The van der Waals surface area contributed by atoms with Gasteiger partial charge in [0.2, 0.25) is 11.6 Å². The Balaban J connectivity index is 2.36. The molecule has 0 spiro atoms. The van der Waals surface area contributed by atoms with Crippen LogP contribution in [0.5, 0.6) is 11.8 Å². The number of ether oxygens (including phenoxy) is 1. The van der Waals surface area contributed by atoms with E-state index in [4.69, 9.17) is 9.84 Å². The molecule has 0 atom stereocenters. The van der Waals surface area contributed by atoms with Crippen LogP contribution >= 0.6 is 0 Å². The fraction of sp³-hybridized carbons (Fsp3) is 0.200. The summed E-state index contributed by atoms with van der Waals surface area (Å²) in [5.41, 5.74) is 0.537. The zero-order chi connectivity index (χ0) is 12.4. The van der Waals surface area contributed by atoms with Crippen molar-refractivity contribution in [3.8, 4) is 11.8 Å².